The number of primary amides is 1. The van der Waals surface area contributed by atoms with Gasteiger partial charge < -0.3 is 5.73 Å². The number of nitriles is 1. The summed E-state index contributed by atoms with van der Waals surface area (Å²) in [7, 11) is 0. The second-order valence-corrected chi connectivity index (χ2v) is 3.15. The molecular weight excluding hydrogens is 221 g/mol. The van der Waals surface area contributed by atoms with Gasteiger partial charge in [-0.05, 0) is 18.6 Å². The number of halogens is 3. The molecule has 1 aromatic rings. The fourth-order valence-electron chi connectivity index (χ4n) is 1.38. The monoisotopic (exact) mass is 228 g/mol. The van der Waals surface area contributed by atoms with E-state index in [-0.39, 0.29) is 11.1 Å². The topological polar surface area (TPSA) is 66.9 Å². The van der Waals surface area contributed by atoms with Crippen LogP contribution in [0.25, 0.3) is 0 Å². The molecule has 0 saturated heterocycles. The molecule has 2 N–H and O–H groups in total. The number of aryl methyl sites for hydroxylation is 1. The second kappa shape index (κ2) is 3.85. The average Bonchev–Trinajstić information content (AvgIpc) is 2.14. The van der Waals surface area contributed by atoms with Gasteiger partial charge in [-0.3, -0.25) is 4.79 Å². The quantitative estimate of drug-likeness (QED) is 0.798. The van der Waals surface area contributed by atoms with Crippen molar-refractivity contribution in [2.75, 3.05) is 0 Å². The van der Waals surface area contributed by atoms with Gasteiger partial charge in [0.25, 0.3) is 0 Å². The van der Waals surface area contributed by atoms with Gasteiger partial charge >= 0.3 is 6.18 Å². The van der Waals surface area contributed by atoms with Crippen molar-refractivity contribution in [1.29, 1.82) is 5.26 Å². The van der Waals surface area contributed by atoms with Crippen LogP contribution in [0.2, 0.25) is 0 Å². The number of nitrogens with two attached hydrogens (primary N) is 1. The zero-order valence-corrected chi connectivity index (χ0v) is 8.22. The van der Waals surface area contributed by atoms with Crippen molar-refractivity contribution in [1.82, 2.24) is 0 Å². The molecule has 0 saturated carbocycles. The number of amides is 1. The molecule has 16 heavy (non-hydrogen) atoms. The number of carbonyl (C=O) groups is 1. The molecule has 0 bridgehead atoms. The molecule has 6 heteroatoms. The lowest BCUT2D eigenvalue weighted by atomic mass is 9.96. The number of hydrogen-bond donors (Lipinski definition) is 1. The first kappa shape index (κ1) is 12.0. The second-order valence-electron chi connectivity index (χ2n) is 3.15. The van der Waals surface area contributed by atoms with Crippen LogP contribution in [0.3, 0.4) is 0 Å². The van der Waals surface area contributed by atoms with Crippen LogP contribution in [0, 0.1) is 18.3 Å². The molecule has 0 atom stereocenters. The minimum absolute atomic E-state index is 0.247. The number of nitrogens with zero attached hydrogens (tertiary/aromatic N) is 1. The third-order valence-electron chi connectivity index (χ3n) is 2.08. The van der Waals surface area contributed by atoms with Gasteiger partial charge in [0.1, 0.15) is 6.07 Å². The van der Waals surface area contributed by atoms with Gasteiger partial charge in [0.2, 0.25) is 5.91 Å². The van der Waals surface area contributed by atoms with Crippen LogP contribution in [-0.4, -0.2) is 5.91 Å². The Morgan fingerprint density at radius 2 is 2.00 bits per heavy atom. The number of alkyl halides is 3. The van der Waals surface area contributed by atoms with Crippen molar-refractivity contribution in [2.24, 2.45) is 5.73 Å². The molecule has 0 unspecified atom stereocenters. The molecule has 0 aromatic heterocycles. The number of carbonyl (C=O) groups excluding carboxylic acids is 1. The van der Waals surface area contributed by atoms with E-state index in [0.717, 1.165) is 12.1 Å². The lowest BCUT2D eigenvalue weighted by Crippen LogP contribution is -2.18. The van der Waals surface area contributed by atoms with Crippen LogP contribution in [0.1, 0.15) is 27.0 Å². The normalized spacial score (nSPS) is 10.9. The van der Waals surface area contributed by atoms with E-state index in [4.69, 9.17) is 11.0 Å². The zero-order chi connectivity index (χ0) is 12.5. The van der Waals surface area contributed by atoms with E-state index in [9.17, 15) is 18.0 Å². The van der Waals surface area contributed by atoms with Crippen molar-refractivity contribution < 1.29 is 18.0 Å². The molecule has 0 aliphatic heterocycles. The minimum Gasteiger partial charge on any atom is -0.366 e. The first-order valence-corrected chi connectivity index (χ1v) is 4.19. The van der Waals surface area contributed by atoms with Gasteiger partial charge in [0, 0.05) is 0 Å². The van der Waals surface area contributed by atoms with Crippen LogP contribution in [0.5, 0.6) is 0 Å². The standard InChI is InChI=1S/C10H7F3N2O/c1-5-2-3-7(10(11,12)13)6(4-14)8(5)9(15)16/h2-3H,1H3,(H2,15,16). The lowest BCUT2D eigenvalue weighted by molar-refractivity contribution is -0.137. The van der Waals surface area contributed by atoms with Gasteiger partial charge in [-0.25, -0.2) is 0 Å². The van der Waals surface area contributed by atoms with Crippen LogP contribution in [-0.2, 0) is 6.18 Å². The molecule has 1 amide bonds. The molecule has 1 aromatic carbocycles. The van der Waals surface area contributed by atoms with Crippen molar-refractivity contribution in [3.8, 4) is 6.07 Å². The highest BCUT2D eigenvalue weighted by Crippen LogP contribution is 2.33. The average molecular weight is 228 g/mol. The Labute approximate surface area is 89.3 Å². The third kappa shape index (κ3) is 1.98. The maximum Gasteiger partial charge on any atom is 0.417 e. The van der Waals surface area contributed by atoms with E-state index in [1.807, 2.05) is 0 Å². The molecule has 3 nitrogen and oxygen atoms in total. The van der Waals surface area contributed by atoms with E-state index in [1.54, 1.807) is 0 Å². The fraction of sp³-hybridized carbons (Fsp3) is 0.200. The maximum absolute atomic E-state index is 12.5. The number of rotatable bonds is 1. The lowest BCUT2D eigenvalue weighted by Gasteiger charge is -2.12. The summed E-state index contributed by atoms with van der Waals surface area (Å²) in [6.45, 7) is 1.42. The first-order valence-electron chi connectivity index (χ1n) is 4.19. The Balaban J connectivity index is 3.64. The predicted octanol–water partition coefficient (Wildman–Crippen LogP) is 1.98. The largest absolute Gasteiger partial charge is 0.417 e. The van der Waals surface area contributed by atoms with E-state index < -0.39 is 23.2 Å². The van der Waals surface area contributed by atoms with Crippen molar-refractivity contribution in [3.05, 3.63) is 34.4 Å². The number of hydrogen-bond acceptors (Lipinski definition) is 2. The predicted molar refractivity (Wildman–Crippen MR) is 49.4 cm³/mol. The number of benzene rings is 1. The molecule has 0 radical (unpaired) electrons. The van der Waals surface area contributed by atoms with Crippen LogP contribution in [0.15, 0.2) is 12.1 Å². The summed E-state index contributed by atoms with van der Waals surface area (Å²) in [6.07, 6.45) is -4.68. The minimum atomic E-state index is -4.68. The highest BCUT2D eigenvalue weighted by atomic mass is 19.4. The SMILES string of the molecule is Cc1ccc(C(F)(F)F)c(C#N)c1C(N)=O. The Bertz CT molecular complexity index is 486. The Kier molecular flexibility index (Phi) is 2.90. The molecule has 84 valence electrons. The maximum atomic E-state index is 12.5. The van der Waals surface area contributed by atoms with E-state index in [1.165, 1.54) is 13.0 Å². The molecule has 0 aliphatic rings. The molecular formula is C10H7F3N2O. The summed E-state index contributed by atoms with van der Waals surface area (Å²) in [5.41, 5.74) is 2.95. The van der Waals surface area contributed by atoms with Crippen LogP contribution >= 0.6 is 0 Å². The Hall–Kier alpha value is -2.03. The summed E-state index contributed by atoms with van der Waals surface area (Å²) in [5.74, 6) is -1.04. The molecule has 0 aliphatic carbocycles. The summed E-state index contributed by atoms with van der Waals surface area (Å²) < 4.78 is 37.5. The van der Waals surface area contributed by atoms with Gasteiger partial charge in [0.05, 0.1) is 16.7 Å². The highest BCUT2D eigenvalue weighted by molar-refractivity contribution is 5.97. The summed E-state index contributed by atoms with van der Waals surface area (Å²) >= 11 is 0. The molecule has 0 fully saturated rings. The third-order valence-corrected chi connectivity index (χ3v) is 2.08. The van der Waals surface area contributed by atoms with Crippen molar-refractivity contribution in [2.45, 2.75) is 13.1 Å². The van der Waals surface area contributed by atoms with Gasteiger partial charge in [-0.2, -0.15) is 18.4 Å². The fourth-order valence-corrected chi connectivity index (χ4v) is 1.38. The molecule has 0 heterocycles. The summed E-state index contributed by atoms with van der Waals surface area (Å²) in [6, 6.07) is 3.25. The van der Waals surface area contributed by atoms with Crippen LogP contribution in [0.4, 0.5) is 13.2 Å². The van der Waals surface area contributed by atoms with Crippen molar-refractivity contribution in [3.63, 3.8) is 0 Å². The van der Waals surface area contributed by atoms with Gasteiger partial charge in [0.15, 0.2) is 0 Å². The van der Waals surface area contributed by atoms with Gasteiger partial charge in [-0.15, -0.1) is 0 Å². The van der Waals surface area contributed by atoms with E-state index in [2.05, 4.69) is 0 Å². The summed E-state index contributed by atoms with van der Waals surface area (Å²) in [4.78, 5) is 11.0. The summed E-state index contributed by atoms with van der Waals surface area (Å²) in [5, 5.41) is 8.68. The Morgan fingerprint density at radius 1 is 1.44 bits per heavy atom. The van der Waals surface area contributed by atoms with E-state index in [0.29, 0.717) is 0 Å². The first-order chi connectivity index (χ1) is 7.29. The highest BCUT2D eigenvalue weighted by Gasteiger charge is 2.35. The van der Waals surface area contributed by atoms with Crippen LogP contribution < -0.4 is 5.73 Å². The Morgan fingerprint density at radius 3 is 2.38 bits per heavy atom. The molecule has 1 rings (SSSR count). The van der Waals surface area contributed by atoms with Crippen molar-refractivity contribution >= 4 is 5.91 Å². The van der Waals surface area contributed by atoms with Gasteiger partial charge in [-0.1, -0.05) is 6.07 Å². The van der Waals surface area contributed by atoms with E-state index >= 15 is 0 Å². The molecule has 0 spiro atoms. The smallest absolute Gasteiger partial charge is 0.366 e. The zero-order valence-electron chi connectivity index (χ0n) is 8.22.